The predicted molar refractivity (Wildman–Crippen MR) is 156 cm³/mol. The molecule has 0 unspecified atom stereocenters. The summed E-state index contributed by atoms with van der Waals surface area (Å²) in [5, 5.41) is 0. The number of allylic oxidation sites excluding steroid dienone is 1. The van der Waals surface area contributed by atoms with Gasteiger partial charge in [-0.3, -0.25) is 9.36 Å². The van der Waals surface area contributed by atoms with Crippen molar-refractivity contribution < 1.29 is 32.9 Å². The Labute approximate surface area is 248 Å². The summed E-state index contributed by atoms with van der Waals surface area (Å²) >= 11 is 4.79. The van der Waals surface area contributed by atoms with E-state index in [-0.39, 0.29) is 17.7 Å². The van der Waals surface area contributed by atoms with Crippen molar-refractivity contribution in [3.63, 3.8) is 0 Å². The third-order valence-electron chi connectivity index (χ3n) is 6.78. The second kappa shape index (κ2) is 12.1. The van der Waals surface area contributed by atoms with Gasteiger partial charge in [0.05, 0.1) is 67.5 Å². The van der Waals surface area contributed by atoms with Gasteiger partial charge in [0, 0.05) is 25.2 Å². The highest BCUT2D eigenvalue weighted by Crippen LogP contribution is 2.42. The maximum Gasteiger partial charge on any atom is 0.338 e. The fourth-order valence-electron chi connectivity index (χ4n) is 4.93. The van der Waals surface area contributed by atoms with Crippen LogP contribution in [0, 0.1) is 0 Å². The van der Waals surface area contributed by atoms with Crippen molar-refractivity contribution in [3.8, 4) is 17.2 Å². The smallest absolute Gasteiger partial charge is 0.338 e. The molecular weight excluding hydrogens is 618 g/mol. The van der Waals surface area contributed by atoms with Gasteiger partial charge < -0.3 is 33.0 Å². The van der Waals surface area contributed by atoms with E-state index in [1.54, 1.807) is 32.1 Å². The number of carbonyl (C=O) groups is 1. The van der Waals surface area contributed by atoms with Crippen LogP contribution in [0.2, 0.25) is 0 Å². The molecule has 2 aromatic heterocycles. The van der Waals surface area contributed by atoms with Crippen molar-refractivity contribution in [2.45, 2.75) is 19.9 Å². The van der Waals surface area contributed by atoms with Crippen molar-refractivity contribution in [2.24, 2.45) is 4.99 Å². The molecule has 0 aliphatic carbocycles. The van der Waals surface area contributed by atoms with E-state index in [4.69, 9.17) is 28.1 Å². The molecule has 2 aliphatic rings. The van der Waals surface area contributed by atoms with E-state index < -0.39 is 12.0 Å². The highest BCUT2D eigenvalue weighted by Gasteiger charge is 2.35. The van der Waals surface area contributed by atoms with E-state index in [1.807, 2.05) is 6.07 Å². The molecule has 0 N–H and O–H groups in total. The van der Waals surface area contributed by atoms with Crippen LogP contribution < -0.4 is 34.0 Å². The molecule has 0 saturated carbocycles. The molecule has 0 amide bonds. The Balaban J connectivity index is 1.68. The molecule has 5 rings (SSSR count). The second-order valence-corrected chi connectivity index (χ2v) is 11.0. The molecule has 1 fully saturated rings. The minimum Gasteiger partial charge on any atom is -0.493 e. The molecule has 218 valence electrons. The first-order valence-corrected chi connectivity index (χ1v) is 14.5. The molecule has 2 aliphatic heterocycles. The van der Waals surface area contributed by atoms with Crippen molar-refractivity contribution in [3.05, 3.63) is 65.0 Å². The molecular formula is C28H30BrN3O8S. The fourth-order valence-corrected chi connectivity index (χ4v) is 6.51. The second-order valence-electron chi connectivity index (χ2n) is 9.16. The number of halogens is 1. The number of furan rings is 1. The first-order valence-electron chi connectivity index (χ1n) is 12.9. The molecule has 1 aromatic carbocycles. The van der Waals surface area contributed by atoms with Gasteiger partial charge in [-0.25, -0.2) is 9.79 Å². The Morgan fingerprint density at radius 2 is 1.83 bits per heavy atom. The van der Waals surface area contributed by atoms with Gasteiger partial charge in [0.25, 0.3) is 5.56 Å². The summed E-state index contributed by atoms with van der Waals surface area (Å²) in [5.74, 6) is 1.80. The average Bonchev–Trinajstić information content (AvgIpc) is 3.49. The topological polar surface area (TPSA) is 114 Å². The van der Waals surface area contributed by atoms with Crippen molar-refractivity contribution >= 4 is 45.2 Å². The predicted octanol–water partition coefficient (Wildman–Crippen LogP) is 3.02. The number of nitrogens with zero attached hydrogens (tertiary/aromatic N) is 3. The van der Waals surface area contributed by atoms with Crippen molar-refractivity contribution in [2.75, 3.05) is 59.1 Å². The van der Waals surface area contributed by atoms with E-state index in [2.05, 4.69) is 25.8 Å². The number of benzene rings is 1. The quantitative estimate of drug-likeness (QED) is 0.340. The lowest BCUT2D eigenvalue weighted by molar-refractivity contribution is -0.139. The minimum absolute atomic E-state index is 0.168. The van der Waals surface area contributed by atoms with Gasteiger partial charge in [0.2, 0.25) is 11.6 Å². The number of morpholine rings is 1. The zero-order valence-electron chi connectivity index (χ0n) is 23.3. The summed E-state index contributed by atoms with van der Waals surface area (Å²) in [6.07, 6.45) is 1.69. The first kappa shape index (κ1) is 29.0. The summed E-state index contributed by atoms with van der Waals surface area (Å²) in [6, 6.07) is 4.42. The summed E-state index contributed by atoms with van der Waals surface area (Å²) in [6.45, 7) is 6.27. The number of methoxy groups -OCH3 is 3. The Morgan fingerprint density at radius 3 is 2.44 bits per heavy atom. The summed E-state index contributed by atoms with van der Waals surface area (Å²) in [4.78, 5) is 34.4. The summed E-state index contributed by atoms with van der Waals surface area (Å²) in [5.41, 5.74) is 0.933. The lowest BCUT2D eigenvalue weighted by Gasteiger charge is -2.26. The van der Waals surface area contributed by atoms with Gasteiger partial charge >= 0.3 is 5.97 Å². The van der Waals surface area contributed by atoms with Crippen LogP contribution in [0.15, 0.2) is 48.1 Å². The van der Waals surface area contributed by atoms with Crippen molar-refractivity contribution in [1.82, 2.24) is 4.57 Å². The van der Waals surface area contributed by atoms with E-state index in [0.29, 0.717) is 75.8 Å². The van der Waals surface area contributed by atoms with Gasteiger partial charge in [-0.05, 0) is 47.5 Å². The lowest BCUT2D eigenvalue weighted by atomic mass is 9.95. The number of fused-ring (bicyclic) bond motifs is 1. The van der Waals surface area contributed by atoms with Gasteiger partial charge in [-0.15, -0.1) is 0 Å². The maximum atomic E-state index is 14.0. The molecule has 1 atom stereocenters. The number of ether oxygens (including phenoxy) is 5. The molecule has 0 bridgehead atoms. The van der Waals surface area contributed by atoms with Crippen LogP contribution in [0.3, 0.4) is 0 Å². The molecule has 0 spiro atoms. The first-order chi connectivity index (χ1) is 19.8. The third-order valence-corrected chi connectivity index (χ3v) is 8.33. The zero-order chi connectivity index (χ0) is 29.3. The van der Waals surface area contributed by atoms with E-state index in [0.717, 1.165) is 4.47 Å². The largest absolute Gasteiger partial charge is 0.493 e. The molecule has 3 aromatic rings. The van der Waals surface area contributed by atoms with Crippen LogP contribution in [0.5, 0.6) is 17.2 Å². The van der Waals surface area contributed by atoms with Gasteiger partial charge in [0.15, 0.2) is 16.3 Å². The average molecular weight is 649 g/mol. The number of hydrogen-bond donors (Lipinski definition) is 0. The van der Waals surface area contributed by atoms with Crippen LogP contribution in [-0.2, 0) is 14.3 Å². The van der Waals surface area contributed by atoms with Gasteiger partial charge in [-0.2, -0.15) is 0 Å². The van der Waals surface area contributed by atoms with E-state index in [1.165, 1.54) is 37.2 Å². The fraction of sp³-hybridized carbons (Fsp3) is 0.393. The standard InChI is InChI=1S/C28H30BrN3O8S/c1-6-39-27(34)22-15(2)30-28-32(23(22)16-11-19(35-3)24(37-5)20(12-16)36-4)25(33)21(41-28)14-17-13-18(29)26(40-17)31-7-9-38-10-8-31/h11-14,23H,6-10H2,1-5H3/b21-14+/t23-/m0/s1. The van der Waals surface area contributed by atoms with Crippen LogP contribution in [-0.4, -0.2) is 64.8 Å². The number of anilines is 1. The van der Waals surface area contributed by atoms with Crippen LogP contribution >= 0.6 is 27.3 Å². The number of aromatic nitrogens is 1. The molecule has 0 radical (unpaired) electrons. The Morgan fingerprint density at radius 1 is 1.15 bits per heavy atom. The van der Waals surface area contributed by atoms with Crippen LogP contribution in [0.4, 0.5) is 5.88 Å². The number of rotatable bonds is 8. The number of esters is 1. The monoisotopic (exact) mass is 647 g/mol. The van der Waals surface area contributed by atoms with E-state index >= 15 is 0 Å². The summed E-state index contributed by atoms with van der Waals surface area (Å²) in [7, 11) is 4.52. The van der Waals surface area contributed by atoms with Gasteiger partial charge in [-0.1, -0.05) is 11.3 Å². The minimum atomic E-state index is -0.853. The normalized spacial score (nSPS) is 17.3. The van der Waals surface area contributed by atoms with Gasteiger partial charge in [0.1, 0.15) is 5.76 Å². The molecule has 11 nitrogen and oxygen atoms in total. The SMILES string of the molecule is CCOC(=O)C1=C(C)N=c2s/c(=C/c3cc(Br)c(N4CCOCC4)o3)c(=O)n2[C@H]1c1cc(OC)c(OC)c(OC)c1. The third kappa shape index (κ3) is 5.41. The molecule has 4 heterocycles. The highest BCUT2D eigenvalue weighted by atomic mass is 79.9. The van der Waals surface area contributed by atoms with Crippen LogP contribution in [0.1, 0.15) is 31.2 Å². The molecule has 41 heavy (non-hydrogen) atoms. The van der Waals surface area contributed by atoms with E-state index in [9.17, 15) is 9.59 Å². The number of carbonyl (C=O) groups excluding carboxylic acids is 1. The molecule has 1 saturated heterocycles. The maximum absolute atomic E-state index is 14.0. The number of hydrogen-bond acceptors (Lipinski definition) is 11. The highest BCUT2D eigenvalue weighted by molar-refractivity contribution is 9.10. The zero-order valence-corrected chi connectivity index (χ0v) is 25.7. The van der Waals surface area contributed by atoms with Crippen LogP contribution in [0.25, 0.3) is 6.08 Å². The molecule has 13 heteroatoms. The lowest BCUT2D eigenvalue weighted by Crippen LogP contribution is -2.40. The summed E-state index contributed by atoms with van der Waals surface area (Å²) < 4.78 is 36.3. The number of thiazole rings is 1. The Kier molecular flexibility index (Phi) is 8.57. The van der Waals surface area contributed by atoms with Crippen molar-refractivity contribution in [1.29, 1.82) is 0 Å². The Hall–Kier alpha value is -3.55. The Bertz CT molecular complexity index is 1660.